The first-order valence-electron chi connectivity index (χ1n) is 13.0. The number of ketones is 1. The van der Waals surface area contributed by atoms with E-state index in [2.05, 4.69) is 10.3 Å². The summed E-state index contributed by atoms with van der Waals surface area (Å²) in [7, 11) is 0. The number of carbonyl (C=O) groups is 2. The number of carbonyl (C=O) groups excluding carboxylic acids is 1. The molecule has 1 saturated heterocycles. The number of carboxylic acid groups (broad SMARTS) is 1. The number of rotatable bonds is 9. The number of hydrogen-bond acceptors (Lipinski definition) is 7. The summed E-state index contributed by atoms with van der Waals surface area (Å²) in [6.07, 6.45) is 2.42. The molecule has 0 bridgehead atoms. The van der Waals surface area contributed by atoms with E-state index in [1.165, 1.54) is 17.0 Å². The van der Waals surface area contributed by atoms with Crippen LogP contribution in [0.1, 0.15) is 49.7 Å². The number of nitrogens with one attached hydrogen (secondary N) is 1. The molecule has 1 saturated carbocycles. The lowest BCUT2D eigenvalue weighted by Crippen LogP contribution is -2.54. The summed E-state index contributed by atoms with van der Waals surface area (Å²) in [6, 6.07) is 9.57. The zero-order valence-corrected chi connectivity index (χ0v) is 21.2. The average Bonchev–Trinajstić information content (AvgIpc) is 3.57. The second-order valence-electron chi connectivity index (χ2n) is 10.2. The Balaban J connectivity index is 1.31. The minimum absolute atomic E-state index is 0.175. The number of likely N-dealkylation sites (tertiary alicyclic amines) is 1. The molecular formula is C28H31F2N3O5. The van der Waals surface area contributed by atoms with Crippen molar-refractivity contribution in [3.63, 3.8) is 0 Å². The molecule has 38 heavy (non-hydrogen) atoms. The first-order chi connectivity index (χ1) is 18.2. The lowest BCUT2D eigenvalue weighted by molar-refractivity contribution is -0.252. The van der Waals surface area contributed by atoms with Crippen molar-refractivity contribution in [1.82, 2.24) is 9.88 Å². The molecule has 2 aromatic carbocycles. The molecule has 3 aromatic rings. The third-order valence-electron chi connectivity index (χ3n) is 7.46. The number of ether oxygens (including phenoxy) is 1. The van der Waals surface area contributed by atoms with Gasteiger partial charge in [0.2, 0.25) is 5.78 Å². The minimum Gasteiger partial charge on any atom is -0.481 e. The number of nitrogens with zero attached hydrogens (tertiary/aromatic N) is 2. The fourth-order valence-corrected chi connectivity index (χ4v) is 5.24. The Kier molecular flexibility index (Phi) is 7.45. The zero-order valence-electron chi connectivity index (χ0n) is 21.2. The van der Waals surface area contributed by atoms with Crippen LogP contribution in [0.2, 0.25) is 0 Å². The van der Waals surface area contributed by atoms with Crippen LogP contribution in [-0.4, -0.2) is 51.9 Å². The van der Waals surface area contributed by atoms with E-state index in [4.69, 9.17) is 9.15 Å². The number of aliphatic carboxylic acids is 1. The predicted octanol–water partition coefficient (Wildman–Crippen LogP) is 5.51. The van der Waals surface area contributed by atoms with Gasteiger partial charge in [0.15, 0.2) is 5.58 Å². The standard InChI is InChI=1S/C28H31F2N3O5/c1-17-4-8-20(29)16-23(17)32-27-31-22-11-5-18(14-24(22)37-27)15-25(34)28(30,33-12-2-3-13-33)38-21-9-6-19(7-10-21)26(35)36/h4-5,8,11,14,16,19,21H,2-3,6-7,9-10,12-13,15H2,1H3,(H,31,32)(H,35,36). The highest BCUT2D eigenvalue weighted by Crippen LogP contribution is 2.35. The second-order valence-corrected chi connectivity index (χ2v) is 10.2. The SMILES string of the molecule is Cc1ccc(F)cc1Nc1nc2ccc(CC(=O)C(F)(OC3CCC(C(=O)O)CC3)N3CCCC3)cc2o1. The number of hydrogen-bond donors (Lipinski definition) is 2. The van der Waals surface area contributed by atoms with E-state index in [-0.39, 0.29) is 18.3 Å². The molecule has 1 aliphatic carbocycles. The van der Waals surface area contributed by atoms with Gasteiger partial charge in [0.25, 0.3) is 6.01 Å². The molecule has 5 rings (SSSR count). The van der Waals surface area contributed by atoms with E-state index in [0.29, 0.717) is 61.1 Å². The molecule has 8 nitrogen and oxygen atoms in total. The summed E-state index contributed by atoms with van der Waals surface area (Å²) < 4.78 is 41.7. The van der Waals surface area contributed by atoms with E-state index < -0.39 is 29.8 Å². The Hall–Kier alpha value is -3.37. The number of alkyl halides is 1. The molecule has 202 valence electrons. The van der Waals surface area contributed by atoms with Crippen molar-refractivity contribution >= 4 is 34.6 Å². The molecule has 1 unspecified atom stereocenters. The summed E-state index contributed by atoms with van der Waals surface area (Å²) in [4.78, 5) is 30.5. The fourth-order valence-electron chi connectivity index (χ4n) is 5.24. The number of halogens is 2. The predicted molar refractivity (Wildman–Crippen MR) is 136 cm³/mol. The number of anilines is 2. The Morgan fingerprint density at radius 3 is 2.61 bits per heavy atom. The summed E-state index contributed by atoms with van der Waals surface area (Å²) >= 11 is 0. The van der Waals surface area contributed by atoms with Crippen LogP contribution in [-0.2, 0) is 20.7 Å². The smallest absolute Gasteiger partial charge is 0.330 e. The van der Waals surface area contributed by atoms with Crippen LogP contribution < -0.4 is 5.32 Å². The van der Waals surface area contributed by atoms with Crippen LogP contribution in [0.4, 0.5) is 20.5 Å². The highest BCUT2D eigenvalue weighted by Gasteiger charge is 2.48. The first kappa shape index (κ1) is 26.2. The topological polar surface area (TPSA) is 105 Å². The maximum atomic E-state index is 16.4. The normalized spacial score (nSPS) is 21.9. The maximum Gasteiger partial charge on any atom is 0.330 e. The van der Waals surface area contributed by atoms with Gasteiger partial charge in [0.1, 0.15) is 11.3 Å². The Bertz CT molecular complexity index is 1330. The van der Waals surface area contributed by atoms with Gasteiger partial charge < -0.3 is 19.6 Å². The Morgan fingerprint density at radius 2 is 1.89 bits per heavy atom. The van der Waals surface area contributed by atoms with Crippen LogP contribution >= 0.6 is 0 Å². The van der Waals surface area contributed by atoms with Gasteiger partial charge in [-0.25, -0.2) is 9.29 Å². The molecule has 2 aliphatic rings. The molecule has 0 spiro atoms. The van der Waals surface area contributed by atoms with Gasteiger partial charge in [-0.05, 0) is 80.8 Å². The van der Waals surface area contributed by atoms with Crippen molar-refractivity contribution in [2.75, 3.05) is 18.4 Å². The third-order valence-corrected chi connectivity index (χ3v) is 7.46. The van der Waals surface area contributed by atoms with E-state index in [1.54, 1.807) is 24.3 Å². The van der Waals surface area contributed by atoms with Crippen molar-refractivity contribution in [3.8, 4) is 0 Å². The van der Waals surface area contributed by atoms with E-state index in [9.17, 15) is 19.1 Å². The van der Waals surface area contributed by atoms with Crippen LogP contribution in [0.5, 0.6) is 0 Å². The molecule has 2 N–H and O–H groups in total. The summed E-state index contributed by atoms with van der Waals surface area (Å²) in [6.45, 7) is 2.67. The Morgan fingerprint density at radius 1 is 1.16 bits per heavy atom. The Labute approximate surface area is 219 Å². The molecule has 0 radical (unpaired) electrons. The molecule has 1 aliphatic heterocycles. The van der Waals surface area contributed by atoms with Crippen molar-refractivity contribution in [1.29, 1.82) is 0 Å². The zero-order chi connectivity index (χ0) is 26.9. The molecule has 1 atom stereocenters. The van der Waals surface area contributed by atoms with Crippen LogP contribution in [0, 0.1) is 18.7 Å². The highest BCUT2D eigenvalue weighted by molar-refractivity contribution is 5.88. The molecular weight excluding hydrogens is 496 g/mol. The highest BCUT2D eigenvalue weighted by atomic mass is 19.2. The molecule has 2 heterocycles. The van der Waals surface area contributed by atoms with Crippen LogP contribution in [0.15, 0.2) is 40.8 Å². The van der Waals surface area contributed by atoms with E-state index in [1.807, 2.05) is 6.92 Å². The third kappa shape index (κ3) is 5.56. The van der Waals surface area contributed by atoms with Gasteiger partial charge in [0, 0.05) is 25.2 Å². The molecule has 2 fully saturated rings. The summed E-state index contributed by atoms with van der Waals surface area (Å²) in [5, 5.41) is 12.2. The number of oxazole rings is 1. The van der Waals surface area contributed by atoms with E-state index in [0.717, 1.165) is 18.4 Å². The quantitative estimate of drug-likeness (QED) is 0.351. The number of carboxylic acids is 1. The second kappa shape index (κ2) is 10.8. The van der Waals surface area contributed by atoms with Gasteiger partial charge in [-0.1, -0.05) is 12.1 Å². The van der Waals surface area contributed by atoms with Gasteiger partial charge in [-0.15, -0.1) is 0 Å². The monoisotopic (exact) mass is 527 g/mol. The van der Waals surface area contributed by atoms with Crippen molar-refractivity contribution in [2.24, 2.45) is 5.92 Å². The van der Waals surface area contributed by atoms with Gasteiger partial charge in [0.05, 0.1) is 12.0 Å². The summed E-state index contributed by atoms with van der Waals surface area (Å²) in [5.74, 6) is -4.97. The van der Waals surface area contributed by atoms with Gasteiger partial charge >= 0.3 is 11.9 Å². The molecule has 10 heteroatoms. The number of Topliss-reactive ketones (excluding diaryl/α,β-unsaturated/α-hetero) is 1. The largest absolute Gasteiger partial charge is 0.481 e. The van der Waals surface area contributed by atoms with Gasteiger partial charge in [-0.3, -0.25) is 9.59 Å². The fraction of sp³-hybridized carbons (Fsp3) is 0.464. The molecule has 0 amide bonds. The number of fused-ring (bicyclic) bond motifs is 1. The first-order valence-corrected chi connectivity index (χ1v) is 13.0. The molecule has 1 aromatic heterocycles. The average molecular weight is 528 g/mol. The lowest BCUT2D eigenvalue weighted by atomic mass is 9.87. The van der Waals surface area contributed by atoms with Gasteiger partial charge in [-0.2, -0.15) is 9.37 Å². The number of benzene rings is 2. The van der Waals surface area contributed by atoms with Crippen molar-refractivity contribution < 1.29 is 32.6 Å². The van der Waals surface area contributed by atoms with Crippen molar-refractivity contribution in [2.45, 2.75) is 64.0 Å². The lowest BCUT2D eigenvalue weighted by Gasteiger charge is -2.37. The van der Waals surface area contributed by atoms with E-state index >= 15 is 4.39 Å². The number of aromatic nitrogens is 1. The van der Waals surface area contributed by atoms with Crippen LogP contribution in [0.3, 0.4) is 0 Å². The minimum atomic E-state index is -2.57. The maximum absolute atomic E-state index is 16.4. The van der Waals surface area contributed by atoms with Crippen LogP contribution in [0.25, 0.3) is 11.1 Å². The summed E-state index contributed by atoms with van der Waals surface area (Å²) in [5.41, 5.74) is 2.83. The van der Waals surface area contributed by atoms with Crippen molar-refractivity contribution in [3.05, 3.63) is 53.3 Å². The number of aryl methyl sites for hydroxylation is 1.